The van der Waals surface area contributed by atoms with Gasteiger partial charge in [-0.15, -0.1) is 23.7 Å². The Morgan fingerprint density at radius 2 is 2.12 bits per heavy atom. The highest BCUT2D eigenvalue weighted by molar-refractivity contribution is 7.09. The minimum absolute atomic E-state index is 0. The standard InChI is InChI=1S/C11H11NO2S.ClH/c1-7-12-9(6-15-7)8-3-4-10(13)11(5-8)14-2;/h3-6,13H,1-2H3;1H. The summed E-state index contributed by atoms with van der Waals surface area (Å²) >= 11 is 1.60. The summed E-state index contributed by atoms with van der Waals surface area (Å²) in [6.07, 6.45) is 0. The predicted molar refractivity (Wildman–Crippen MR) is 67.8 cm³/mol. The van der Waals surface area contributed by atoms with Crippen molar-refractivity contribution in [2.75, 3.05) is 7.11 Å². The van der Waals surface area contributed by atoms with Gasteiger partial charge in [-0.25, -0.2) is 4.98 Å². The van der Waals surface area contributed by atoms with Crippen molar-refractivity contribution in [2.45, 2.75) is 6.92 Å². The minimum atomic E-state index is 0. The second kappa shape index (κ2) is 5.18. The molecular weight excluding hydrogens is 246 g/mol. The van der Waals surface area contributed by atoms with Crippen molar-refractivity contribution in [3.63, 3.8) is 0 Å². The maximum atomic E-state index is 9.44. The number of thiazole rings is 1. The number of ether oxygens (including phenoxy) is 1. The van der Waals surface area contributed by atoms with Gasteiger partial charge < -0.3 is 9.84 Å². The SMILES string of the molecule is COc1cc(-c2csc(C)n2)ccc1O.Cl. The molecule has 0 spiro atoms. The van der Waals surface area contributed by atoms with Gasteiger partial charge >= 0.3 is 0 Å². The molecular formula is C11H12ClNO2S. The molecule has 3 nitrogen and oxygen atoms in total. The number of nitrogens with zero attached hydrogens (tertiary/aromatic N) is 1. The van der Waals surface area contributed by atoms with Crippen LogP contribution in [0.1, 0.15) is 5.01 Å². The van der Waals surface area contributed by atoms with Gasteiger partial charge in [0.05, 0.1) is 17.8 Å². The van der Waals surface area contributed by atoms with Gasteiger partial charge in [-0.1, -0.05) is 0 Å². The number of aryl methyl sites for hydroxylation is 1. The molecule has 0 fully saturated rings. The smallest absolute Gasteiger partial charge is 0.161 e. The number of hydrogen-bond acceptors (Lipinski definition) is 4. The first kappa shape index (κ1) is 12.8. The predicted octanol–water partition coefficient (Wildman–Crippen LogP) is 3.25. The zero-order valence-electron chi connectivity index (χ0n) is 8.93. The Kier molecular flexibility index (Phi) is 4.15. The fourth-order valence-corrected chi connectivity index (χ4v) is 1.95. The molecule has 0 radical (unpaired) electrons. The average molecular weight is 258 g/mol. The zero-order valence-corrected chi connectivity index (χ0v) is 10.6. The van der Waals surface area contributed by atoms with Gasteiger partial charge in [-0.05, 0) is 25.1 Å². The molecule has 0 saturated carbocycles. The van der Waals surface area contributed by atoms with Crippen molar-refractivity contribution >= 4 is 23.7 Å². The van der Waals surface area contributed by atoms with E-state index in [0.29, 0.717) is 5.75 Å². The molecule has 1 heterocycles. The number of phenols is 1. The lowest BCUT2D eigenvalue weighted by Crippen LogP contribution is -1.85. The van der Waals surface area contributed by atoms with Crippen LogP contribution in [0.3, 0.4) is 0 Å². The van der Waals surface area contributed by atoms with Crippen LogP contribution >= 0.6 is 23.7 Å². The number of hydrogen-bond donors (Lipinski definition) is 1. The fraction of sp³-hybridized carbons (Fsp3) is 0.182. The Labute approximate surface area is 104 Å². The molecule has 0 saturated heterocycles. The lowest BCUT2D eigenvalue weighted by atomic mass is 10.1. The topological polar surface area (TPSA) is 42.4 Å². The second-order valence-electron chi connectivity index (χ2n) is 3.14. The molecule has 2 rings (SSSR count). The van der Waals surface area contributed by atoms with Crippen molar-refractivity contribution in [3.8, 4) is 22.8 Å². The number of benzene rings is 1. The van der Waals surface area contributed by atoms with Crippen LogP contribution in [0.5, 0.6) is 11.5 Å². The van der Waals surface area contributed by atoms with Gasteiger partial charge in [0.2, 0.25) is 0 Å². The van der Waals surface area contributed by atoms with Crippen molar-refractivity contribution in [1.82, 2.24) is 4.98 Å². The highest BCUT2D eigenvalue weighted by Gasteiger charge is 2.06. The first-order chi connectivity index (χ1) is 7.20. The van der Waals surface area contributed by atoms with Gasteiger partial charge in [0.15, 0.2) is 11.5 Å². The van der Waals surface area contributed by atoms with Gasteiger partial charge in [0.1, 0.15) is 0 Å². The summed E-state index contributed by atoms with van der Waals surface area (Å²) in [4.78, 5) is 4.37. The quantitative estimate of drug-likeness (QED) is 0.898. The lowest BCUT2D eigenvalue weighted by Gasteiger charge is -2.04. The Morgan fingerprint density at radius 3 is 2.69 bits per heavy atom. The largest absolute Gasteiger partial charge is 0.504 e. The van der Waals surface area contributed by atoms with Crippen LogP contribution in [-0.2, 0) is 0 Å². The van der Waals surface area contributed by atoms with E-state index in [1.54, 1.807) is 23.5 Å². The monoisotopic (exact) mass is 257 g/mol. The second-order valence-corrected chi connectivity index (χ2v) is 4.20. The fourth-order valence-electron chi connectivity index (χ4n) is 1.33. The summed E-state index contributed by atoms with van der Waals surface area (Å²) in [5.74, 6) is 0.617. The summed E-state index contributed by atoms with van der Waals surface area (Å²) in [5, 5.41) is 12.5. The average Bonchev–Trinajstić information content (AvgIpc) is 2.66. The van der Waals surface area contributed by atoms with Crippen molar-refractivity contribution < 1.29 is 9.84 Å². The van der Waals surface area contributed by atoms with Crippen LogP contribution in [0.25, 0.3) is 11.3 Å². The first-order valence-corrected chi connectivity index (χ1v) is 5.38. The summed E-state index contributed by atoms with van der Waals surface area (Å²) < 4.78 is 5.04. The molecule has 0 amide bonds. The summed E-state index contributed by atoms with van der Waals surface area (Å²) in [5.41, 5.74) is 1.87. The highest BCUT2D eigenvalue weighted by atomic mass is 35.5. The van der Waals surface area contributed by atoms with Crippen LogP contribution in [-0.4, -0.2) is 17.2 Å². The minimum Gasteiger partial charge on any atom is -0.504 e. The maximum Gasteiger partial charge on any atom is 0.161 e. The third-order valence-electron chi connectivity index (χ3n) is 2.09. The van der Waals surface area contributed by atoms with Crippen LogP contribution in [0.15, 0.2) is 23.6 Å². The van der Waals surface area contributed by atoms with Gasteiger partial charge in [0.25, 0.3) is 0 Å². The molecule has 0 aliphatic rings. The Balaban J connectivity index is 0.00000128. The van der Waals surface area contributed by atoms with Crippen molar-refractivity contribution in [3.05, 3.63) is 28.6 Å². The lowest BCUT2D eigenvalue weighted by molar-refractivity contribution is 0.373. The first-order valence-electron chi connectivity index (χ1n) is 4.50. The summed E-state index contributed by atoms with van der Waals surface area (Å²) in [6.45, 7) is 1.96. The normalized spacial score (nSPS) is 9.62. The van der Waals surface area contributed by atoms with Crippen molar-refractivity contribution in [2.24, 2.45) is 0 Å². The Hall–Kier alpha value is -1.26. The van der Waals surface area contributed by atoms with Gasteiger partial charge in [-0.3, -0.25) is 0 Å². The molecule has 0 aliphatic heterocycles. The molecule has 0 unspecified atom stereocenters. The van der Waals surface area contributed by atoms with Crippen LogP contribution in [0.4, 0.5) is 0 Å². The van der Waals surface area contributed by atoms with E-state index in [2.05, 4.69) is 4.98 Å². The van der Waals surface area contributed by atoms with E-state index >= 15 is 0 Å². The van der Waals surface area contributed by atoms with Gasteiger partial charge in [0, 0.05) is 10.9 Å². The van der Waals surface area contributed by atoms with E-state index in [9.17, 15) is 5.11 Å². The Bertz CT molecular complexity index is 485. The van der Waals surface area contributed by atoms with E-state index < -0.39 is 0 Å². The van der Waals surface area contributed by atoms with E-state index in [1.165, 1.54) is 7.11 Å². The third kappa shape index (κ3) is 2.46. The molecule has 1 N–H and O–H groups in total. The Morgan fingerprint density at radius 1 is 1.38 bits per heavy atom. The number of aromatic nitrogens is 1. The molecule has 5 heteroatoms. The molecule has 1 aromatic heterocycles. The third-order valence-corrected chi connectivity index (χ3v) is 2.87. The van der Waals surface area contributed by atoms with E-state index in [-0.39, 0.29) is 18.2 Å². The van der Waals surface area contributed by atoms with Crippen molar-refractivity contribution in [1.29, 1.82) is 0 Å². The van der Waals surface area contributed by atoms with Crippen LogP contribution < -0.4 is 4.74 Å². The summed E-state index contributed by atoms with van der Waals surface area (Å²) in [6, 6.07) is 5.22. The maximum absolute atomic E-state index is 9.44. The van der Waals surface area contributed by atoms with E-state index in [0.717, 1.165) is 16.3 Å². The molecule has 86 valence electrons. The number of rotatable bonds is 2. The van der Waals surface area contributed by atoms with E-state index in [4.69, 9.17) is 4.74 Å². The number of phenolic OH excluding ortho intramolecular Hbond substituents is 1. The molecule has 0 aliphatic carbocycles. The molecule has 0 bridgehead atoms. The molecule has 16 heavy (non-hydrogen) atoms. The molecule has 2 aromatic rings. The van der Waals surface area contributed by atoms with Gasteiger partial charge in [-0.2, -0.15) is 0 Å². The number of halogens is 1. The summed E-state index contributed by atoms with van der Waals surface area (Å²) in [7, 11) is 1.53. The highest BCUT2D eigenvalue weighted by Crippen LogP contribution is 2.31. The molecule has 0 atom stereocenters. The molecule has 1 aromatic carbocycles. The van der Waals surface area contributed by atoms with Crippen LogP contribution in [0, 0.1) is 6.92 Å². The van der Waals surface area contributed by atoms with Crippen LogP contribution in [0.2, 0.25) is 0 Å². The number of aromatic hydroxyl groups is 1. The zero-order chi connectivity index (χ0) is 10.8. The number of methoxy groups -OCH3 is 1. The van der Waals surface area contributed by atoms with E-state index in [1.807, 2.05) is 18.4 Å².